The maximum absolute atomic E-state index is 11.1. The first kappa shape index (κ1) is 17.4. The van der Waals surface area contributed by atoms with Gasteiger partial charge < -0.3 is 20.7 Å². The van der Waals surface area contributed by atoms with E-state index in [-0.39, 0.29) is 12.5 Å². The average Bonchev–Trinajstić information content (AvgIpc) is 2.47. The summed E-state index contributed by atoms with van der Waals surface area (Å²) in [6.07, 6.45) is -0.570. The second kappa shape index (κ2) is 8.61. The molecule has 0 saturated heterocycles. The van der Waals surface area contributed by atoms with Crippen molar-refractivity contribution >= 4 is 11.8 Å². The van der Waals surface area contributed by atoms with E-state index in [1.807, 2.05) is 6.92 Å². The third-order valence-corrected chi connectivity index (χ3v) is 3.30. The zero-order chi connectivity index (χ0) is 15.8. The van der Waals surface area contributed by atoms with E-state index >= 15 is 0 Å². The van der Waals surface area contributed by atoms with Gasteiger partial charge in [-0.1, -0.05) is 19.1 Å². The van der Waals surface area contributed by atoms with Gasteiger partial charge in [-0.05, 0) is 36.5 Å². The predicted octanol–water partition coefficient (Wildman–Crippen LogP) is 1.63. The molecule has 1 amide bonds. The number of ether oxygens (including phenoxy) is 1. The van der Waals surface area contributed by atoms with Gasteiger partial charge in [-0.2, -0.15) is 0 Å². The largest absolute Gasteiger partial charge is 0.453 e. The average molecular weight is 296 g/mol. The number of methoxy groups -OCH3 is 1. The Morgan fingerprint density at radius 1 is 1.29 bits per heavy atom. The van der Waals surface area contributed by atoms with Crippen molar-refractivity contribution in [3.63, 3.8) is 0 Å². The molecule has 0 fully saturated rings. The minimum atomic E-state index is -0.614. The Morgan fingerprint density at radius 2 is 1.90 bits per heavy atom. The first-order valence-electron chi connectivity index (χ1n) is 6.97. The van der Waals surface area contributed by atoms with Crippen molar-refractivity contribution in [3.05, 3.63) is 29.8 Å². The van der Waals surface area contributed by atoms with Crippen LogP contribution in [0.2, 0.25) is 0 Å². The molecule has 21 heavy (non-hydrogen) atoms. The molecule has 6 nitrogen and oxygen atoms in total. The van der Waals surface area contributed by atoms with Crippen LogP contribution < -0.4 is 11.1 Å². The molecule has 3 atom stereocenters. The van der Waals surface area contributed by atoms with Crippen LogP contribution in [0, 0.1) is 5.92 Å². The van der Waals surface area contributed by atoms with Crippen LogP contribution in [-0.4, -0.2) is 36.1 Å². The zero-order valence-electron chi connectivity index (χ0n) is 12.5. The predicted molar refractivity (Wildman–Crippen MR) is 80.9 cm³/mol. The Morgan fingerprint density at radius 3 is 2.43 bits per heavy atom. The first-order chi connectivity index (χ1) is 9.96. The standard InChI is InChI=1S/C15H24N2O4/c1-10(7-13(18)9-16)8-14(19)11-3-5-12(6-4-11)17-15(20)21-2/h3-6,10,13-14,18-19H,7-9,16H2,1-2H3,(H,17,20). The number of benzene rings is 1. The Bertz CT molecular complexity index is 436. The SMILES string of the molecule is COC(=O)Nc1ccc(C(O)CC(C)CC(O)CN)cc1. The summed E-state index contributed by atoms with van der Waals surface area (Å²) in [6.45, 7) is 2.20. The minimum Gasteiger partial charge on any atom is -0.453 e. The first-order valence-corrected chi connectivity index (χ1v) is 6.97. The number of carbonyl (C=O) groups is 1. The number of nitrogens with one attached hydrogen (secondary N) is 1. The molecule has 118 valence electrons. The molecule has 1 aromatic rings. The van der Waals surface area contributed by atoms with Crippen LogP contribution in [0.5, 0.6) is 0 Å². The van der Waals surface area contributed by atoms with E-state index in [9.17, 15) is 15.0 Å². The lowest BCUT2D eigenvalue weighted by Gasteiger charge is -2.19. The summed E-state index contributed by atoms with van der Waals surface area (Å²) in [5.74, 6) is 0.159. The topological polar surface area (TPSA) is 105 Å². The molecule has 0 aromatic heterocycles. The molecular weight excluding hydrogens is 272 g/mol. The minimum absolute atomic E-state index is 0.159. The summed E-state index contributed by atoms with van der Waals surface area (Å²) in [6, 6.07) is 6.91. The smallest absolute Gasteiger partial charge is 0.411 e. The van der Waals surface area contributed by atoms with Crippen molar-refractivity contribution in [3.8, 4) is 0 Å². The maximum Gasteiger partial charge on any atom is 0.411 e. The number of nitrogens with two attached hydrogens (primary N) is 1. The Balaban J connectivity index is 2.54. The normalized spacial score (nSPS) is 15.1. The van der Waals surface area contributed by atoms with Gasteiger partial charge in [-0.3, -0.25) is 5.32 Å². The van der Waals surface area contributed by atoms with Crippen molar-refractivity contribution < 1.29 is 19.7 Å². The molecule has 0 aliphatic rings. The molecule has 3 unspecified atom stereocenters. The molecule has 1 aromatic carbocycles. The number of hydrogen-bond donors (Lipinski definition) is 4. The quantitative estimate of drug-likeness (QED) is 0.612. The lowest BCUT2D eigenvalue weighted by molar-refractivity contribution is 0.112. The van der Waals surface area contributed by atoms with Gasteiger partial charge in [0.25, 0.3) is 0 Å². The van der Waals surface area contributed by atoms with Gasteiger partial charge in [0.15, 0.2) is 0 Å². The second-order valence-corrected chi connectivity index (χ2v) is 5.22. The second-order valence-electron chi connectivity index (χ2n) is 5.22. The van der Waals surface area contributed by atoms with E-state index in [0.717, 1.165) is 5.56 Å². The van der Waals surface area contributed by atoms with Gasteiger partial charge in [-0.25, -0.2) is 4.79 Å². The molecule has 0 bridgehead atoms. The van der Waals surface area contributed by atoms with E-state index in [2.05, 4.69) is 10.1 Å². The monoisotopic (exact) mass is 296 g/mol. The van der Waals surface area contributed by atoms with E-state index in [1.165, 1.54) is 7.11 Å². The summed E-state index contributed by atoms with van der Waals surface area (Å²) in [5, 5.41) is 22.2. The third-order valence-electron chi connectivity index (χ3n) is 3.30. The van der Waals surface area contributed by atoms with E-state index in [4.69, 9.17) is 5.73 Å². The van der Waals surface area contributed by atoms with Gasteiger partial charge >= 0.3 is 6.09 Å². The van der Waals surface area contributed by atoms with Crippen LogP contribution in [0.25, 0.3) is 0 Å². The summed E-state index contributed by atoms with van der Waals surface area (Å²) in [5.41, 5.74) is 6.74. The highest BCUT2D eigenvalue weighted by Gasteiger charge is 2.15. The molecule has 0 aliphatic carbocycles. The molecule has 5 N–H and O–H groups in total. The molecule has 0 heterocycles. The van der Waals surface area contributed by atoms with Crippen molar-refractivity contribution in [2.75, 3.05) is 19.0 Å². The van der Waals surface area contributed by atoms with Crippen LogP contribution in [0.15, 0.2) is 24.3 Å². The number of carbonyl (C=O) groups excluding carboxylic acids is 1. The molecule has 6 heteroatoms. The summed E-state index contributed by atoms with van der Waals surface area (Å²) >= 11 is 0. The summed E-state index contributed by atoms with van der Waals surface area (Å²) < 4.78 is 4.50. The third kappa shape index (κ3) is 6.12. The fourth-order valence-corrected chi connectivity index (χ4v) is 2.13. The highest BCUT2D eigenvalue weighted by molar-refractivity contribution is 5.84. The fourth-order valence-electron chi connectivity index (χ4n) is 2.13. The van der Waals surface area contributed by atoms with Crippen LogP contribution >= 0.6 is 0 Å². The Labute approximate surface area is 124 Å². The molecule has 0 aliphatic heterocycles. The van der Waals surface area contributed by atoms with Crippen molar-refractivity contribution in [2.45, 2.75) is 32.0 Å². The number of aliphatic hydroxyl groups is 2. The Kier molecular flexibility index (Phi) is 7.14. The number of anilines is 1. The highest BCUT2D eigenvalue weighted by Crippen LogP contribution is 2.24. The number of aliphatic hydroxyl groups excluding tert-OH is 2. The maximum atomic E-state index is 11.1. The van der Waals surface area contributed by atoms with Crippen LogP contribution in [0.3, 0.4) is 0 Å². The van der Waals surface area contributed by atoms with E-state index < -0.39 is 18.3 Å². The number of rotatable bonds is 7. The molecule has 0 radical (unpaired) electrons. The lowest BCUT2D eigenvalue weighted by Crippen LogP contribution is -2.22. The van der Waals surface area contributed by atoms with Crippen LogP contribution in [-0.2, 0) is 4.74 Å². The highest BCUT2D eigenvalue weighted by atomic mass is 16.5. The fraction of sp³-hybridized carbons (Fsp3) is 0.533. The van der Waals surface area contributed by atoms with Crippen molar-refractivity contribution in [2.24, 2.45) is 11.7 Å². The molecular formula is C15H24N2O4. The van der Waals surface area contributed by atoms with Gasteiger partial charge in [0.1, 0.15) is 0 Å². The zero-order valence-corrected chi connectivity index (χ0v) is 12.5. The summed E-state index contributed by atoms with van der Waals surface area (Å²) in [4.78, 5) is 11.1. The van der Waals surface area contributed by atoms with Crippen molar-refractivity contribution in [1.82, 2.24) is 0 Å². The van der Waals surface area contributed by atoms with Gasteiger partial charge in [0.2, 0.25) is 0 Å². The van der Waals surface area contributed by atoms with Gasteiger partial charge in [-0.15, -0.1) is 0 Å². The van der Waals surface area contributed by atoms with E-state index in [0.29, 0.717) is 18.5 Å². The van der Waals surface area contributed by atoms with Gasteiger partial charge in [0.05, 0.1) is 19.3 Å². The van der Waals surface area contributed by atoms with E-state index in [1.54, 1.807) is 24.3 Å². The molecule has 1 rings (SSSR count). The molecule has 0 spiro atoms. The number of amides is 1. The molecule has 0 saturated carbocycles. The van der Waals surface area contributed by atoms with Gasteiger partial charge in [0, 0.05) is 12.2 Å². The number of hydrogen-bond acceptors (Lipinski definition) is 5. The van der Waals surface area contributed by atoms with Crippen LogP contribution in [0.1, 0.15) is 31.4 Å². The van der Waals surface area contributed by atoms with Crippen LogP contribution in [0.4, 0.5) is 10.5 Å². The lowest BCUT2D eigenvalue weighted by atomic mass is 9.93. The summed E-state index contributed by atoms with van der Waals surface area (Å²) in [7, 11) is 1.30. The Hall–Kier alpha value is -1.63. The van der Waals surface area contributed by atoms with Crippen molar-refractivity contribution in [1.29, 1.82) is 0 Å².